The van der Waals surface area contributed by atoms with Crippen LogP contribution < -0.4 is 10.2 Å². The van der Waals surface area contributed by atoms with Crippen molar-refractivity contribution in [1.29, 1.82) is 0 Å². The number of hydrogen-bond acceptors (Lipinski definition) is 4. The lowest BCUT2D eigenvalue weighted by molar-refractivity contribution is 0.414. The molecule has 0 unspecified atom stereocenters. The second-order valence-corrected chi connectivity index (χ2v) is 6.88. The van der Waals surface area contributed by atoms with E-state index >= 15 is 0 Å². The Morgan fingerprint density at radius 2 is 1.75 bits per heavy atom. The topological polar surface area (TPSA) is 59.7 Å². The monoisotopic (exact) mass is 392 g/mol. The van der Waals surface area contributed by atoms with Gasteiger partial charge in [0, 0.05) is 22.6 Å². The maximum atomic E-state index is 12.8. The van der Waals surface area contributed by atoms with Crippen LogP contribution in [0.2, 0.25) is 5.02 Å². The number of halogens is 1. The van der Waals surface area contributed by atoms with Crippen molar-refractivity contribution < 1.29 is 14.3 Å². The molecule has 0 aliphatic rings. The van der Waals surface area contributed by atoms with Gasteiger partial charge >= 0.3 is 0 Å². The van der Waals surface area contributed by atoms with Crippen molar-refractivity contribution in [3.63, 3.8) is 0 Å². The first-order chi connectivity index (χ1) is 13.6. The lowest BCUT2D eigenvalue weighted by Gasteiger charge is -2.11. The van der Waals surface area contributed by atoms with Crippen LogP contribution in [-0.2, 0) is 6.42 Å². The van der Waals surface area contributed by atoms with Crippen molar-refractivity contribution in [2.45, 2.75) is 6.42 Å². The Balaban J connectivity index is 1.93. The van der Waals surface area contributed by atoms with Gasteiger partial charge in [-0.15, -0.1) is 0 Å². The molecule has 1 heterocycles. The summed E-state index contributed by atoms with van der Waals surface area (Å²) < 4.78 is 11.2. The smallest absolute Gasteiger partial charge is 0.235 e. The van der Waals surface area contributed by atoms with Gasteiger partial charge in [0.15, 0.2) is 5.76 Å². The first-order valence-corrected chi connectivity index (χ1v) is 9.11. The van der Waals surface area contributed by atoms with E-state index in [1.54, 1.807) is 37.4 Å². The van der Waals surface area contributed by atoms with E-state index in [0.717, 1.165) is 11.1 Å². The number of ether oxygens (including phenoxy) is 1. The standard InChI is InChI=1S/C23H17ClO4/c1-27-18-9-7-15(8-10-18)23-21(26)20(25)19-13-17(24)12-16(22(19)28-23)11-14-5-3-2-4-6-14/h2-10,12-13,26H,11H2,1H3. The number of hydrogen-bond donors (Lipinski definition) is 1. The molecule has 5 heteroatoms. The molecule has 4 nitrogen and oxygen atoms in total. The Kier molecular flexibility index (Phi) is 4.80. The van der Waals surface area contributed by atoms with Crippen molar-refractivity contribution in [3.05, 3.63) is 93.1 Å². The predicted molar refractivity (Wildman–Crippen MR) is 110 cm³/mol. The van der Waals surface area contributed by atoms with Crippen molar-refractivity contribution in [3.8, 4) is 22.8 Å². The summed E-state index contributed by atoms with van der Waals surface area (Å²) in [5, 5.41) is 11.1. The zero-order valence-corrected chi connectivity index (χ0v) is 15.9. The van der Waals surface area contributed by atoms with Crippen LogP contribution in [0, 0.1) is 0 Å². The average Bonchev–Trinajstić information content (AvgIpc) is 2.72. The van der Waals surface area contributed by atoms with Gasteiger partial charge in [-0.25, -0.2) is 0 Å². The number of benzene rings is 3. The third-order valence-corrected chi connectivity index (χ3v) is 4.82. The quantitative estimate of drug-likeness (QED) is 0.504. The molecule has 0 fully saturated rings. The summed E-state index contributed by atoms with van der Waals surface area (Å²) in [5.41, 5.74) is 2.33. The van der Waals surface area contributed by atoms with Crippen molar-refractivity contribution >= 4 is 22.6 Å². The van der Waals surface area contributed by atoms with Crippen molar-refractivity contribution in [1.82, 2.24) is 0 Å². The average molecular weight is 393 g/mol. The maximum absolute atomic E-state index is 12.8. The fourth-order valence-corrected chi connectivity index (χ4v) is 3.45. The first kappa shape index (κ1) is 18.1. The van der Waals surface area contributed by atoms with Gasteiger partial charge in [-0.1, -0.05) is 41.9 Å². The Morgan fingerprint density at radius 1 is 1.04 bits per heavy atom. The molecule has 0 amide bonds. The molecular weight excluding hydrogens is 376 g/mol. The van der Waals surface area contributed by atoms with E-state index in [1.165, 1.54) is 6.07 Å². The van der Waals surface area contributed by atoms with Crippen LogP contribution in [-0.4, -0.2) is 12.2 Å². The van der Waals surface area contributed by atoms with Crippen LogP contribution in [0.15, 0.2) is 75.9 Å². The van der Waals surface area contributed by atoms with Gasteiger partial charge < -0.3 is 14.3 Å². The highest BCUT2D eigenvalue weighted by Crippen LogP contribution is 2.34. The van der Waals surface area contributed by atoms with E-state index < -0.39 is 11.2 Å². The minimum absolute atomic E-state index is 0.122. The molecule has 4 rings (SSSR count). The van der Waals surface area contributed by atoms with E-state index in [1.807, 2.05) is 30.3 Å². The molecule has 3 aromatic carbocycles. The molecule has 4 aromatic rings. The molecule has 0 spiro atoms. The summed E-state index contributed by atoms with van der Waals surface area (Å²) in [6, 6.07) is 20.1. The van der Waals surface area contributed by atoms with Gasteiger partial charge in [0.1, 0.15) is 11.3 Å². The van der Waals surface area contributed by atoms with E-state index in [-0.39, 0.29) is 11.1 Å². The molecule has 0 bridgehead atoms. The molecule has 140 valence electrons. The molecule has 0 atom stereocenters. The molecule has 0 aliphatic heterocycles. The van der Waals surface area contributed by atoms with E-state index in [4.69, 9.17) is 20.8 Å². The predicted octanol–water partition coefficient (Wildman–Crippen LogP) is 5.42. The van der Waals surface area contributed by atoms with Crippen LogP contribution in [0.4, 0.5) is 0 Å². The highest BCUT2D eigenvalue weighted by molar-refractivity contribution is 6.31. The maximum Gasteiger partial charge on any atom is 0.235 e. The Hall–Kier alpha value is -3.24. The summed E-state index contributed by atoms with van der Waals surface area (Å²) >= 11 is 6.23. The van der Waals surface area contributed by atoms with Crippen LogP contribution in [0.1, 0.15) is 11.1 Å². The van der Waals surface area contributed by atoms with Crippen molar-refractivity contribution in [2.24, 2.45) is 0 Å². The SMILES string of the molecule is COc1ccc(-c2oc3c(Cc4ccccc4)cc(Cl)cc3c(=O)c2O)cc1. The minimum atomic E-state index is -0.510. The Labute approximate surface area is 166 Å². The van der Waals surface area contributed by atoms with Gasteiger partial charge in [0.25, 0.3) is 0 Å². The largest absolute Gasteiger partial charge is 0.502 e. The van der Waals surface area contributed by atoms with Crippen LogP contribution in [0.5, 0.6) is 11.5 Å². The summed E-state index contributed by atoms with van der Waals surface area (Å²) in [7, 11) is 1.57. The fraction of sp³-hybridized carbons (Fsp3) is 0.0870. The van der Waals surface area contributed by atoms with Crippen LogP contribution >= 0.6 is 11.6 Å². The highest BCUT2D eigenvalue weighted by Gasteiger charge is 2.18. The molecule has 28 heavy (non-hydrogen) atoms. The summed E-state index contributed by atoms with van der Waals surface area (Å²) in [4.78, 5) is 12.8. The lowest BCUT2D eigenvalue weighted by atomic mass is 10.0. The second kappa shape index (κ2) is 7.41. The van der Waals surface area contributed by atoms with E-state index in [0.29, 0.717) is 28.3 Å². The number of aromatic hydroxyl groups is 1. The van der Waals surface area contributed by atoms with Gasteiger partial charge in [-0.2, -0.15) is 0 Å². The molecule has 0 radical (unpaired) electrons. The Bertz CT molecular complexity index is 1200. The van der Waals surface area contributed by atoms with E-state index in [9.17, 15) is 9.90 Å². The molecule has 1 N–H and O–H groups in total. The molecule has 0 saturated carbocycles. The lowest BCUT2D eigenvalue weighted by Crippen LogP contribution is -2.04. The molecular formula is C23H17ClO4. The summed E-state index contributed by atoms with van der Waals surface area (Å²) in [5.74, 6) is 0.352. The zero-order valence-electron chi connectivity index (χ0n) is 15.1. The molecule has 1 aromatic heterocycles. The first-order valence-electron chi connectivity index (χ1n) is 8.73. The number of rotatable bonds is 4. The molecule has 0 aliphatic carbocycles. The van der Waals surface area contributed by atoms with Crippen molar-refractivity contribution in [2.75, 3.05) is 7.11 Å². The third kappa shape index (κ3) is 3.35. The third-order valence-electron chi connectivity index (χ3n) is 4.60. The zero-order chi connectivity index (χ0) is 19.7. The highest BCUT2D eigenvalue weighted by atomic mass is 35.5. The van der Waals surface area contributed by atoms with Crippen LogP contribution in [0.25, 0.3) is 22.3 Å². The van der Waals surface area contributed by atoms with Gasteiger partial charge in [-0.3, -0.25) is 4.79 Å². The second-order valence-electron chi connectivity index (χ2n) is 6.44. The summed E-state index contributed by atoms with van der Waals surface area (Å²) in [6.45, 7) is 0. The van der Waals surface area contributed by atoms with Crippen LogP contribution in [0.3, 0.4) is 0 Å². The van der Waals surface area contributed by atoms with Gasteiger partial charge in [0.05, 0.1) is 12.5 Å². The normalized spacial score (nSPS) is 10.9. The van der Waals surface area contributed by atoms with Gasteiger partial charge in [-0.05, 0) is 42.0 Å². The summed E-state index contributed by atoms with van der Waals surface area (Å²) in [6.07, 6.45) is 0.549. The number of fused-ring (bicyclic) bond motifs is 1. The minimum Gasteiger partial charge on any atom is -0.502 e. The Morgan fingerprint density at radius 3 is 2.43 bits per heavy atom. The van der Waals surface area contributed by atoms with Gasteiger partial charge in [0.2, 0.25) is 11.2 Å². The fourth-order valence-electron chi connectivity index (χ4n) is 3.21. The number of methoxy groups -OCH3 is 1. The molecule has 0 saturated heterocycles. The van der Waals surface area contributed by atoms with E-state index in [2.05, 4.69) is 0 Å².